The average molecular weight is 464 g/mol. The maximum atomic E-state index is 12.4. The lowest BCUT2D eigenvalue weighted by atomic mass is 10.1. The molecule has 0 aliphatic carbocycles. The van der Waals surface area contributed by atoms with Crippen molar-refractivity contribution >= 4 is 45.2 Å². The number of halogens is 2. The maximum Gasteiger partial charge on any atom is 0.266 e. The minimum atomic E-state index is -0.513. The van der Waals surface area contributed by atoms with Gasteiger partial charge in [-0.1, -0.05) is 27.5 Å². The van der Waals surface area contributed by atoms with Gasteiger partial charge in [-0.3, -0.25) is 4.79 Å². The van der Waals surface area contributed by atoms with Gasteiger partial charge in [0.15, 0.2) is 11.5 Å². The molecular weight excluding hydrogens is 444 g/mol. The Morgan fingerprint density at radius 3 is 2.57 bits per heavy atom. The number of carbonyl (C=O) groups is 1. The first-order valence-electron chi connectivity index (χ1n) is 8.65. The van der Waals surface area contributed by atoms with Crippen LogP contribution in [0.2, 0.25) is 5.02 Å². The van der Waals surface area contributed by atoms with Crippen molar-refractivity contribution in [1.29, 1.82) is 5.26 Å². The first-order chi connectivity index (χ1) is 13.3. The molecule has 0 saturated carbocycles. The van der Waals surface area contributed by atoms with Crippen molar-refractivity contribution in [2.24, 2.45) is 0 Å². The fourth-order valence-corrected chi connectivity index (χ4v) is 2.86. The Hall–Kier alpha value is -2.49. The van der Waals surface area contributed by atoms with E-state index in [1.165, 1.54) is 6.08 Å². The lowest BCUT2D eigenvalue weighted by Gasteiger charge is -2.16. The fraction of sp³-hybridized carbons (Fsp3) is 0.238. The molecule has 0 radical (unpaired) electrons. The summed E-state index contributed by atoms with van der Waals surface area (Å²) in [4.78, 5) is 12.4. The molecule has 0 aliphatic heterocycles. The number of amides is 1. The predicted molar refractivity (Wildman–Crippen MR) is 115 cm³/mol. The summed E-state index contributed by atoms with van der Waals surface area (Å²) in [7, 11) is 0. The Labute approximate surface area is 178 Å². The lowest BCUT2D eigenvalue weighted by molar-refractivity contribution is -0.112. The van der Waals surface area contributed by atoms with Crippen LogP contribution in [0.1, 0.15) is 26.3 Å². The quantitative estimate of drug-likeness (QED) is 0.414. The van der Waals surface area contributed by atoms with E-state index in [1.54, 1.807) is 36.4 Å². The smallest absolute Gasteiger partial charge is 0.266 e. The number of hydrogen-bond acceptors (Lipinski definition) is 4. The van der Waals surface area contributed by atoms with E-state index in [9.17, 15) is 10.1 Å². The van der Waals surface area contributed by atoms with Crippen LogP contribution >= 0.6 is 27.5 Å². The molecule has 2 aromatic rings. The number of hydrogen-bond donors (Lipinski definition) is 1. The molecule has 1 N–H and O–H groups in total. The van der Waals surface area contributed by atoms with Gasteiger partial charge in [-0.05, 0) is 68.8 Å². The van der Waals surface area contributed by atoms with Crippen molar-refractivity contribution in [3.8, 4) is 17.6 Å². The molecule has 2 aromatic carbocycles. The van der Waals surface area contributed by atoms with Gasteiger partial charge >= 0.3 is 0 Å². The van der Waals surface area contributed by atoms with Crippen LogP contribution in [0.5, 0.6) is 11.5 Å². The highest BCUT2D eigenvalue weighted by Gasteiger charge is 2.15. The molecule has 0 atom stereocenters. The molecule has 146 valence electrons. The summed E-state index contributed by atoms with van der Waals surface area (Å²) >= 11 is 9.68. The second-order valence-corrected chi connectivity index (χ2v) is 7.38. The Morgan fingerprint density at radius 2 is 2.00 bits per heavy atom. The number of nitrogens with one attached hydrogen (secondary N) is 1. The van der Waals surface area contributed by atoms with Gasteiger partial charge in [0.05, 0.1) is 17.7 Å². The van der Waals surface area contributed by atoms with E-state index in [2.05, 4.69) is 21.2 Å². The minimum Gasteiger partial charge on any atom is -0.490 e. The van der Waals surface area contributed by atoms with Crippen LogP contribution in [0.25, 0.3) is 6.08 Å². The van der Waals surface area contributed by atoms with Crippen molar-refractivity contribution in [3.63, 3.8) is 0 Å². The second-order valence-electron chi connectivity index (χ2n) is 6.06. The molecule has 7 heteroatoms. The zero-order valence-electron chi connectivity index (χ0n) is 15.8. The molecule has 0 unspecified atom stereocenters. The van der Waals surface area contributed by atoms with Gasteiger partial charge < -0.3 is 14.8 Å². The number of ether oxygens (including phenoxy) is 2. The molecule has 0 aromatic heterocycles. The number of anilines is 1. The Morgan fingerprint density at radius 1 is 1.32 bits per heavy atom. The largest absolute Gasteiger partial charge is 0.490 e. The van der Waals surface area contributed by atoms with Gasteiger partial charge in [0.1, 0.15) is 11.6 Å². The summed E-state index contributed by atoms with van der Waals surface area (Å²) in [6.45, 7) is 6.05. The average Bonchev–Trinajstić information content (AvgIpc) is 2.64. The molecule has 0 spiro atoms. The summed E-state index contributed by atoms with van der Waals surface area (Å²) in [6, 6.07) is 12.3. The summed E-state index contributed by atoms with van der Waals surface area (Å²) in [5, 5.41) is 12.5. The zero-order valence-corrected chi connectivity index (χ0v) is 18.1. The van der Waals surface area contributed by atoms with Crippen molar-refractivity contribution in [1.82, 2.24) is 0 Å². The number of benzene rings is 2. The van der Waals surface area contributed by atoms with Gasteiger partial charge in [-0.25, -0.2) is 0 Å². The predicted octanol–water partition coefficient (Wildman–Crippen LogP) is 5.83. The number of nitrogens with zero attached hydrogens (tertiary/aromatic N) is 1. The van der Waals surface area contributed by atoms with Crippen molar-refractivity contribution < 1.29 is 14.3 Å². The van der Waals surface area contributed by atoms with Crippen LogP contribution < -0.4 is 14.8 Å². The highest BCUT2D eigenvalue weighted by atomic mass is 79.9. The summed E-state index contributed by atoms with van der Waals surface area (Å²) in [5.74, 6) is 0.385. The molecular formula is C21H20BrClN2O3. The third-order valence-electron chi connectivity index (χ3n) is 3.46. The summed E-state index contributed by atoms with van der Waals surface area (Å²) in [5.41, 5.74) is 1.09. The summed E-state index contributed by atoms with van der Waals surface area (Å²) in [6.07, 6.45) is 1.38. The van der Waals surface area contributed by atoms with Gasteiger partial charge in [-0.15, -0.1) is 0 Å². The third kappa shape index (κ3) is 6.01. The SMILES string of the molecule is CCOc1cc(/C=C(\C#N)C(=O)Nc2ccc(Br)cc2)cc(Cl)c1OC(C)C. The van der Waals surface area contributed by atoms with E-state index in [1.807, 2.05) is 26.8 Å². The highest BCUT2D eigenvalue weighted by Crippen LogP contribution is 2.38. The Balaban J connectivity index is 2.33. The molecule has 1 amide bonds. The topological polar surface area (TPSA) is 71.3 Å². The number of carbonyl (C=O) groups excluding carboxylic acids is 1. The number of rotatable bonds is 7. The van der Waals surface area contributed by atoms with Gasteiger partial charge in [0.25, 0.3) is 5.91 Å². The molecule has 0 aliphatic rings. The van der Waals surface area contributed by atoms with Crippen LogP contribution in [-0.4, -0.2) is 18.6 Å². The second kappa shape index (κ2) is 10.2. The molecule has 5 nitrogen and oxygen atoms in total. The number of nitriles is 1. The van der Waals surface area contributed by atoms with Gasteiger partial charge in [0.2, 0.25) is 0 Å². The van der Waals surface area contributed by atoms with Crippen LogP contribution in [0.4, 0.5) is 5.69 Å². The molecule has 28 heavy (non-hydrogen) atoms. The minimum absolute atomic E-state index is 0.0565. The van der Waals surface area contributed by atoms with E-state index >= 15 is 0 Å². The van der Waals surface area contributed by atoms with Crippen LogP contribution in [0.15, 0.2) is 46.4 Å². The highest BCUT2D eigenvalue weighted by molar-refractivity contribution is 9.10. The summed E-state index contributed by atoms with van der Waals surface area (Å²) < 4.78 is 12.2. The van der Waals surface area contributed by atoms with E-state index in [0.29, 0.717) is 34.4 Å². The van der Waals surface area contributed by atoms with Crippen LogP contribution in [0.3, 0.4) is 0 Å². The zero-order chi connectivity index (χ0) is 20.7. The van der Waals surface area contributed by atoms with E-state index in [0.717, 1.165) is 4.47 Å². The molecule has 0 fully saturated rings. The van der Waals surface area contributed by atoms with E-state index in [-0.39, 0.29) is 11.7 Å². The molecule has 0 heterocycles. The van der Waals surface area contributed by atoms with Crippen LogP contribution in [-0.2, 0) is 4.79 Å². The first kappa shape index (κ1) is 21.8. The van der Waals surface area contributed by atoms with Crippen molar-refractivity contribution in [2.75, 3.05) is 11.9 Å². The Bertz CT molecular complexity index is 918. The monoisotopic (exact) mass is 462 g/mol. The molecule has 0 saturated heterocycles. The van der Waals surface area contributed by atoms with Crippen molar-refractivity contribution in [3.05, 3.63) is 57.0 Å². The molecule has 0 bridgehead atoms. The van der Waals surface area contributed by atoms with Crippen LogP contribution in [0, 0.1) is 11.3 Å². The van der Waals surface area contributed by atoms with Gasteiger partial charge in [0, 0.05) is 10.2 Å². The van der Waals surface area contributed by atoms with Gasteiger partial charge in [-0.2, -0.15) is 5.26 Å². The third-order valence-corrected chi connectivity index (χ3v) is 4.27. The standard InChI is InChI=1S/C21H20BrClN2O3/c1-4-27-19-11-14(10-18(23)20(19)28-13(2)3)9-15(12-24)21(26)25-17-7-5-16(22)6-8-17/h5-11,13H,4H2,1-3H3,(H,25,26)/b15-9+. The Kier molecular flexibility index (Phi) is 7.91. The van der Waals surface area contributed by atoms with E-state index < -0.39 is 5.91 Å². The lowest BCUT2D eigenvalue weighted by Crippen LogP contribution is -2.13. The first-order valence-corrected chi connectivity index (χ1v) is 9.82. The maximum absolute atomic E-state index is 12.4. The normalized spacial score (nSPS) is 11.1. The fourth-order valence-electron chi connectivity index (χ4n) is 2.33. The van der Waals surface area contributed by atoms with E-state index in [4.69, 9.17) is 21.1 Å². The van der Waals surface area contributed by atoms with Crippen molar-refractivity contribution in [2.45, 2.75) is 26.9 Å². The molecule has 2 rings (SSSR count).